The van der Waals surface area contributed by atoms with Crippen molar-refractivity contribution >= 4 is 62.6 Å². The van der Waals surface area contributed by atoms with Crippen LogP contribution in [0.15, 0.2) is 53.5 Å². The standard InChI is InChI=1S/C25H25ClN6OS/c1-13-14(2)34-25-22(13)23(16-4-6-17(26)7-5-16)31-20(24(29)32(25)15(3)27)12-21(33)30-19-10-8-18(28)9-11-19/h4-11,20,27,29H,12,28H2,1-3H3,(H,30,33). The number of amides is 1. The van der Waals surface area contributed by atoms with Gasteiger partial charge in [0.05, 0.1) is 12.1 Å². The van der Waals surface area contributed by atoms with Crippen molar-refractivity contribution in [1.29, 1.82) is 10.8 Å². The van der Waals surface area contributed by atoms with Crippen molar-refractivity contribution < 1.29 is 4.79 Å². The fourth-order valence-electron chi connectivity index (χ4n) is 3.84. The van der Waals surface area contributed by atoms with Gasteiger partial charge in [0.25, 0.3) is 0 Å². The quantitative estimate of drug-likeness (QED) is 0.214. The number of benzene rings is 2. The Hall–Kier alpha value is -3.49. The summed E-state index contributed by atoms with van der Waals surface area (Å²) >= 11 is 7.64. The molecule has 1 unspecified atom stereocenters. The molecule has 1 aliphatic rings. The number of carbonyl (C=O) groups is 1. The normalized spacial score (nSPS) is 15.4. The van der Waals surface area contributed by atoms with E-state index in [4.69, 9.17) is 33.1 Å². The van der Waals surface area contributed by atoms with E-state index < -0.39 is 6.04 Å². The second kappa shape index (κ2) is 9.40. The SMILES string of the molecule is CC(=N)N1C(=N)C(CC(=O)Nc2ccc(N)cc2)N=C(c2ccc(Cl)cc2)c2c1sc(C)c2C. The zero-order chi connectivity index (χ0) is 24.6. The van der Waals surface area contributed by atoms with Crippen LogP contribution >= 0.6 is 22.9 Å². The van der Waals surface area contributed by atoms with Crippen molar-refractivity contribution in [2.45, 2.75) is 33.2 Å². The fourth-order valence-corrected chi connectivity index (χ4v) is 5.19. The van der Waals surface area contributed by atoms with E-state index in [1.165, 1.54) is 11.3 Å². The maximum absolute atomic E-state index is 12.9. The molecule has 5 N–H and O–H groups in total. The zero-order valence-corrected chi connectivity index (χ0v) is 20.6. The van der Waals surface area contributed by atoms with Crippen LogP contribution in [0.3, 0.4) is 0 Å². The predicted octanol–water partition coefficient (Wildman–Crippen LogP) is 5.63. The molecular formula is C25H25ClN6OS. The van der Waals surface area contributed by atoms with E-state index in [1.54, 1.807) is 48.2 Å². The number of thiophene rings is 1. The van der Waals surface area contributed by atoms with Crippen molar-refractivity contribution in [3.63, 3.8) is 0 Å². The lowest BCUT2D eigenvalue weighted by molar-refractivity contribution is -0.116. The van der Waals surface area contributed by atoms with Gasteiger partial charge in [-0.1, -0.05) is 23.7 Å². The number of aryl methyl sites for hydroxylation is 1. The third-order valence-electron chi connectivity index (χ3n) is 5.67. The number of rotatable bonds is 4. The van der Waals surface area contributed by atoms with Gasteiger partial charge in [-0.15, -0.1) is 11.3 Å². The molecule has 0 bridgehead atoms. The first-order valence-electron chi connectivity index (χ1n) is 10.7. The first kappa shape index (κ1) is 23.7. The number of hydrogen-bond acceptors (Lipinski definition) is 6. The fraction of sp³-hybridized carbons (Fsp3) is 0.200. The summed E-state index contributed by atoms with van der Waals surface area (Å²) in [6.45, 7) is 5.68. The lowest BCUT2D eigenvalue weighted by Gasteiger charge is -2.24. The molecule has 0 radical (unpaired) electrons. The predicted molar refractivity (Wildman–Crippen MR) is 142 cm³/mol. The Morgan fingerprint density at radius 3 is 2.44 bits per heavy atom. The Labute approximate surface area is 207 Å². The van der Waals surface area contributed by atoms with Crippen molar-refractivity contribution in [3.05, 3.63) is 75.1 Å². The van der Waals surface area contributed by atoms with Crippen LogP contribution in [0.5, 0.6) is 0 Å². The monoisotopic (exact) mass is 492 g/mol. The second-order valence-electron chi connectivity index (χ2n) is 8.14. The minimum atomic E-state index is -0.779. The summed E-state index contributed by atoms with van der Waals surface area (Å²) < 4.78 is 0. The number of amidine groups is 2. The van der Waals surface area contributed by atoms with Crippen LogP contribution in [0.1, 0.15) is 34.9 Å². The Bertz CT molecular complexity index is 1310. The molecule has 1 atom stereocenters. The van der Waals surface area contributed by atoms with E-state index in [9.17, 15) is 4.79 Å². The highest BCUT2D eigenvalue weighted by atomic mass is 35.5. The summed E-state index contributed by atoms with van der Waals surface area (Å²) in [4.78, 5) is 20.5. The molecule has 4 rings (SSSR count). The molecule has 3 aromatic rings. The van der Waals surface area contributed by atoms with Gasteiger partial charge in [0.15, 0.2) is 0 Å². The van der Waals surface area contributed by atoms with E-state index in [1.807, 2.05) is 26.0 Å². The van der Waals surface area contributed by atoms with Crippen LogP contribution in [0.4, 0.5) is 16.4 Å². The van der Waals surface area contributed by atoms with Crippen molar-refractivity contribution in [1.82, 2.24) is 0 Å². The van der Waals surface area contributed by atoms with Gasteiger partial charge < -0.3 is 11.1 Å². The molecule has 174 valence electrons. The lowest BCUT2D eigenvalue weighted by atomic mass is 9.99. The minimum absolute atomic E-state index is 0.0446. The van der Waals surface area contributed by atoms with Gasteiger partial charge in [0.1, 0.15) is 22.7 Å². The molecule has 0 saturated heterocycles. The van der Waals surface area contributed by atoms with Crippen LogP contribution in [-0.2, 0) is 4.79 Å². The highest BCUT2D eigenvalue weighted by molar-refractivity contribution is 7.17. The summed E-state index contributed by atoms with van der Waals surface area (Å²) in [6.07, 6.45) is -0.0446. The minimum Gasteiger partial charge on any atom is -0.399 e. The van der Waals surface area contributed by atoms with Gasteiger partial charge in [0, 0.05) is 32.4 Å². The van der Waals surface area contributed by atoms with Gasteiger partial charge in [-0.05, 0) is 62.7 Å². The van der Waals surface area contributed by atoms with E-state index in [2.05, 4.69) is 5.32 Å². The zero-order valence-electron chi connectivity index (χ0n) is 19.1. The topological polar surface area (TPSA) is 118 Å². The molecule has 2 heterocycles. The first-order chi connectivity index (χ1) is 16.2. The number of fused-ring (bicyclic) bond motifs is 1. The van der Waals surface area contributed by atoms with Gasteiger partial charge in [-0.25, -0.2) is 0 Å². The first-order valence-corrected chi connectivity index (χ1v) is 11.9. The Morgan fingerprint density at radius 1 is 1.18 bits per heavy atom. The van der Waals surface area contributed by atoms with Gasteiger partial charge in [-0.3, -0.25) is 25.5 Å². The average Bonchev–Trinajstić information content (AvgIpc) is 3.00. The molecular weight excluding hydrogens is 468 g/mol. The van der Waals surface area contributed by atoms with Crippen LogP contribution in [-0.4, -0.2) is 29.3 Å². The molecule has 7 nitrogen and oxygen atoms in total. The number of carbonyl (C=O) groups excluding carboxylic acids is 1. The molecule has 0 aliphatic carbocycles. The number of aliphatic imine (C=N–C) groups is 1. The van der Waals surface area contributed by atoms with Crippen LogP contribution in [0, 0.1) is 24.7 Å². The summed E-state index contributed by atoms with van der Waals surface area (Å²) in [6, 6.07) is 13.5. The van der Waals surface area contributed by atoms with Crippen molar-refractivity contribution in [2.75, 3.05) is 16.0 Å². The average molecular weight is 493 g/mol. The van der Waals surface area contributed by atoms with Crippen molar-refractivity contribution in [2.24, 2.45) is 4.99 Å². The number of nitrogens with zero attached hydrogens (tertiary/aromatic N) is 2. The number of hydrogen-bond donors (Lipinski definition) is 4. The summed E-state index contributed by atoms with van der Waals surface area (Å²) in [7, 11) is 0. The molecule has 1 aliphatic heterocycles. The van der Waals surface area contributed by atoms with Crippen LogP contribution in [0.2, 0.25) is 5.02 Å². The smallest absolute Gasteiger partial charge is 0.227 e. The molecule has 0 spiro atoms. The van der Waals surface area contributed by atoms with Crippen LogP contribution < -0.4 is 16.0 Å². The number of anilines is 3. The molecule has 34 heavy (non-hydrogen) atoms. The summed E-state index contributed by atoms with van der Waals surface area (Å²) in [5, 5.41) is 21.6. The van der Waals surface area contributed by atoms with Crippen molar-refractivity contribution in [3.8, 4) is 0 Å². The molecule has 0 saturated carbocycles. The molecule has 0 fully saturated rings. The third-order valence-corrected chi connectivity index (χ3v) is 7.12. The highest BCUT2D eigenvalue weighted by Gasteiger charge is 2.34. The maximum Gasteiger partial charge on any atom is 0.227 e. The summed E-state index contributed by atoms with van der Waals surface area (Å²) in [5.41, 5.74) is 10.4. The number of nitrogens with two attached hydrogens (primary N) is 1. The van der Waals surface area contributed by atoms with Crippen LogP contribution in [0.25, 0.3) is 0 Å². The van der Waals surface area contributed by atoms with E-state index >= 15 is 0 Å². The Morgan fingerprint density at radius 2 is 1.82 bits per heavy atom. The largest absolute Gasteiger partial charge is 0.399 e. The van der Waals surface area contributed by atoms with E-state index in [0.717, 1.165) is 26.6 Å². The number of halogens is 1. The molecule has 2 aromatic carbocycles. The lowest BCUT2D eigenvalue weighted by Crippen LogP contribution is -2.41. The maximum atomic E-state index is 12.9. The highest BCUT2D eigenvalue weighted by Crippen LogP contribution is 2.40. The Balaban J connectivity index is 1.79. The molecule has 9 heteroatoms. The molecule has 1 amide bonds. The third kappa shape index (κ3) is 4.60. The van der Waals surface area contributed by atoms with E-state index in [0.29, 0.717) is 22.1 Å². The second-order valence-corrected chi connectivity index (χ2v) is 9.78. The number of nitrogen functional groups attached to an aromatic ring is 1. The van der Waals surface area contributed by atoms with E-state index in [-0.39, 0.29) is 24.0 Å². The van der Waals surface area contributed by atoms with Gasteiger partial charge >= 0.3 is 0 Å². The Kier molecular flexibility index (Phi) is 6.54. The van der Waals surface area contributed by atoms with Gasteiger partial charge in [0.2, 0.25) is 5.91 Å². The molecule has 1 aromatic heterocycles. The van der Waals surface area contributed by atoms with Gasteiger partial charge in [-0.2, -0.15) is 0 Å². The number of nitrogens with one attached hydrogen (secondary N) is 3. The summed E-state index contributed by atoms with van der Waals surface area (Å²) in [5.74, 6) is 0.00915.